The third-order valence-electron chi connectivity index (χ3n) is 7.21. The zero-order chi connectivity index (χ0) is 30.1. The average molecular weight is 593 g/mol. The monoisotopic (exact) mass is 592 g/mol. The van der Waals surface area contributed by atoms with E-state index < -0.39 is 67.5 Å². The second-order valence-corrected chi connectivity index (χ2v) is 9.92. The molecule has 0 unspecified atom stereocenters. The first-order chi connectivity index (χ1) is 20.1. The van der Waals surface area contributed by atoms with Crippen molar-refractivity contribution in [3.63, 3.8) is 0 Å². The summed E-state index contributed by atoms with van der Waals surface area (Å²) in [6, 6.07) is 11.1. The normalized spacial score (nSPS) is 31.6. The van der Waals surface area contributed by atoms with E-state index >= 15 is 0 Å². The van der Waals surface area contributed by atoms with Gasteiger partial charge >= 0.3 is 5.63 Å². The van der Waals surface area contributed by atoms with Crippen LogP contribution in [-0.2, 0) is 14.2 Å². The zero-order valence-electron chi connectivity index (χ0n) is 22.6. The van der Waals surface area contributed by atoms with Gasteiger partial charge < -0.3 is 63.5 Å². The molecule has 5 rings (SSSR count). The van der Waals surface area contributed by atoms with Crippen molar-refractivity contribution < 1.29 is 63.5 Å². The molecule has 2 aliphatic heterocycles. The van der Waals surface area contributed by atoms with Crippen molar-refractivity contribution in [3.8, 4) is 28.4 Å². The molecule has 228 valence electrons. The second kappa shape index (κ2) is 12.5. The van der Waals surface area contributed by atoms with E-state index in [0.29, 0.717) is 22.3 Å². The van der Waals surface area contributed by atoms with Gasteiger partial charge in [0.05, 0.1) is 32.8 Å². The van der Waals surface area contributed by atoms with Gasteiger partial charge in [0.1, 0.15) is 65.6 Å². The number of hydrogen-bond acceptors (Lipinski definition) is 14. The molecule has 42 heavy (non-hydrogen) atoms. The third-order valence-corrected chi connectivity index (χ3v) is 7.21. The highest BCUT2D eigenvalue weighted by Gasteiger charge is 2.46. The van der Waals surface area contributed by atoms with Gasteiger partial charge in [0.25, 0.3) is 0 Å². The van der Waals surface area contributed by atoms with Crippen LogP contribution in [0.4, 0.5) is 0 Å². The molecule has 3 heterocycles. The van der Waals surface area contributed by atoms with Gasteiger partial charge in [-0.1, -0.05) is 12.1 Å². The molecule has 0 spiro atoms. The van der Waals surface area contributed by atoms with Crippen molar-refractivity contribution in [3.05, 3.63) is 52.9 Å². The van der Waals surface area contributed by atoms with E-state index in [1.807, 2.05) is 0 Å². The van der Waals surface area contributed by atoms with Gasteiger partial charge in [0.15, 0.2) is 6.29 Å². The topological polar surface area (TPSA) is 207 Å². The van der Waals surface area contributed by atoms with Gasteiger partial charge in [-0.2, -0.15) is 0 Å². The number of ether oxygens (including phenoxy) is 6. The quantitative estimate of drug-likeness (QED) is 0.176. The maximum atomic E-state index is 12.5. The number of aliphatic hydroxyl groups is 6. The molecule has 0 amide bonds. The molecule has 2 aliphatic rings. The van der Waals surface area contributed by atoms with Crippen LogP contribution in [0.25, 0.3) is 22.1 Å². The van der Waals surface area contributed by atoms with Crippen LogP contribution < -0.4 is 19.8 Å². The molecule has 0 bridgehead atoms. The Bertz CT molecular complexity index is 1420. The van der Waals surface area contributed by atoms with Crippen molar-refractivity contribution >= 4 is 11.0 Å². The summed E-state index contributed by atoms with van der Waals surface area (Å²) in [6.45, 7) is -0.764. The number of hydrogen-bond donors (Lipinski definition) is 6. The highest BCUT2D eigenvalue weighted by molar-refractivity contribution is 5.98. The fourth-order valence-corrected chi connectivity index (χ4v) is 4.84. The first-order valence-corrected chi connectivity index (χ1v) is 13.0. The minimum Gasteiger partial charge on any atom is -0.497 e. The Balaban J connectivity index is 1.45. The highest BCUT2D eigenvalue weighted by atomic mass is 16.7. The number of benzene rings is 2. The Morgan fingerprint density at radius 1 is 0.810 bits per heavy atom. The summed E-state index contributed by atoms with van der Waals surface area (Å²) in [4.78, 5) is 12.5. The van der Waals surface area contributed by atoms with Crippen LogP contribution >= 0.6 is 0 Å². The number of rotatable bonds is 8. The summed E-state index contributed by atoms with van der Waals surface area (Å²) in [6.07, 6.45) is -13.7. The molecule has 1 aromatic heterocycles. The lowest BCUT2D eigenvalue weighted by molar-refractivity contribution is -0.307. The fraction of sp³-hybridized carbons (Fsp3) is 0.464. The maximum Gasteiger partial charge on any atom is 0.336 e. The Labute approximate surface area is 238 Å². The molecule has 6 N–H and O–H groups in total. The van der Waals surface area contributed by atoms with E-state index in [4.69, 9.17) is 32.8 Å². The van der Waals surface area contributed by atoms with Gasteiger partial charge in [-0.25, -0.2) is 4.79 Å². The van der Waals surface area contributed by atoms with Crippen LogP contribution in [0.3, 0.4) is 0 Å². The first-order valence-electron chi connectivity index (χ1n) is 13.0. The van der Waals surface area contributed by atoms with Gasteiger partial charge in [0.2, 0.25) is 6.29 Å². The standard InChI is InChI=1S/C28H32O14/c1-36-13-5-3-12(4-6-13)15-9-20(30)40-17-7-14(37-2)8-18(21(15)17)41-28-26(35)24(33)23(32)19(42-28)11-39-27-25(34)22(31)16(29)10-38-27/h3-9,16,19,22-29,31-35H,10-11H2,1-2H3/t16-,19-,22+,23-,24+,25-,26-,27+,28-/m1/s1. The Morgan fingerprint density at radius 3 is 2.19 bits per heavy atom. The molecule has 14 nitrogen and oxygen atoms in total. The lowest BCUT2D eigenvalue weighted by Gasteiger charge is -2.41. The third kappa shape index (κ3) is 5.94. The van der Waals surface area contributed by atoms with Gasteiger partial charge in [-0.3, -0.25) is 0 Å². The van der Waals surface area contributed by atoms with E-state index in [0.717, 1.165) is 0 Å². The SMILES string of the molecule is COc1ccc(-c2cc(=O)oc3cc(OC)cc(O[C@@H]4O[C@H](CO[C@@H]5OC[C@@H](O)[C@H](O)[C@H]5O)[C@@H](O)[C@H](O)[C@H]4O)c23)cc1. The molecule has 0 aliphatic carbocycles. The molecule has 2 fully saturated rings. The van der Waals surface area contributed by atoms with Gasteiger partial charge in [-0.05, 0) is 17.7 Å². The van der Waals surface area contributed by atoms with Crippen LogP contribution in [0.15, 0.2) is 51.7 Å². The summed E-state index contributed by atoms with van der Waals surface area (Å²) in [5.41, 5.74) is 0.519. The predicted molar refractivity (Wildman–Crippen MR) is 142 cm³/mol. The molecule has 0 radical (unpaired) electrons. The van der Waals surface area contributed by atoms with Crippen molar-refractivity contribution in [1.82, 2.24) is 0 Å². The molecule has 2 aromatic carbocycles. The number of aliphatic hydroxyl groups excluding tert-OH is 6. The van der Waals surface area contributed by atoms with Crippen LogP contribution in [0.5, 0.6) is 17.2 Å². The first kappa shape index (κ1) is 30.2. The van der Waals surface area contributed by atoms with E-state index in [1.165, 1.54) is 32.4 Å². The summed E-state index contributed by atoms with van der Waals surface area (Å²) in [5, 5.41) is 61.9. The highest BCUT2D eigenvalue weighted by Crippen LogP contribution is 2.39. The summed E-state index contributed by atoms with van der Waals surface area (Å²) in [7, 11) is 2.92. The number of fused-ring (bicyclic) bond motifs is 1. The molecule has 9 atom stereocenters. The minimum atomic E-state index is -1.74. The molecule has 0 saturated carbocycles. The maximum absolute atomic E-state index is 12.5. The van der Waals surface area contributed by atoms with Crippen molar-refractivity contribution in [1.29, 1.82) is 0 Å². The summed E-state index contributed by atoms with van der Waals surface area (Å²) < 4.78 is 38.5. The van der Waals surface area contributed by atoms with Crippen molar-refractivity contribution in [2.24, 2.45) is 0 Å². The Morgan fingerprint density at radius 2 is 1.50 bits per heavy atom. The molecule has 3 aromatic rings. The van der Waals surface area contributed by atoms with Gasteiger partial charge in [0, 0.05) is 23.8 Å². The van der Waals surface area contributed by atoms with E-state index in [9.17, 15) is 35.4 Å². The van der Waals surface area contributed by atoms with Crippen LogP contribution in [0, 0.1) is 0 Å². The Kier molecular flexibility index (Phi) is 8.98. The number of methoxy groups -OCH3 is 2. The van der Waals surface area contributed by atoms with Gasteiger partial charge in [-0.15, -0.1) is 0 Å². The minimum absolute atomic E-state index is 0.0642. The average Bonchev–Trinajstić information content (AvgIpc) is 2.99. The summed E-state index contributed by atoms with van der Waals surface area (Å²) in [5.74, 6) is 0.914. The Hall–Kier alpha value is -3.31. The van der Waals surface area contributed by atoms with Crippen LogP contribution in [-0.4, -0.2) is 113 Å². The molecule has 14 heteroatoms. The van der Waals surface area contributed by atoms with E-state index in [1.54, 1.807) is 24.3 Å². The zero-order valence-corrected chi connectivity index (χ0v) is 22.6. The predicted octanol–water partition coefficient (Wildman–Crippen LogP) is -0.881. The lowest BCUT2D eigenvalue weighted by atomic mass is 9.98. The van der Waals surface area contributed by atoms with Crippen LogP contribution in [0.1, 0.15) is 0 Å². The van der Waals surface area contributed by atoms with E-state index in [2.05, 4.69) is 0 Å². The lowest BCUT2D eigenvalue weighted by Crippen LogP contribution is -2.61. The van der Waals surface area contributed by atoms with E-state index in [-0.39, 0.29) is 23.7 Å². The van der Waals surface area contributed by atoms with Crippen LogP contribution in [0.2, 0.25) is 0 Å². The smallest absolute Gasteiger partial charge is 0.336 e. The molecular formula is C28H32O14. The molecule has 2 saturated heterocycles. The van der Waals surface area contributed by atoms with Crippen molar-refractivity contribution in [2.45, 2.75) is 55.3 Å². The fourth-order valence-electron chi connectivity index (χ4n) is 4.84. The largest absolute Gasteiger partial charge is 0.497 e. The molecular weight excluding hydrogens is 560 g/mol. The second-order valence-electron chi connectivity index (χ2n) is 9.92. The van der Waals surface area contributed by atoms with Crippen molar-refractivity contribution in [2.75, 3.05) is 27.4 Å². The summed E-state index contributed by atoms with van der Waals surface area (Å²) >= 11 is 0.